The first-order valence-electron chi connectivity index (χ1n) is 24.9. The first-order valence-corrected chi connectivity index (χ1v) is 26.5. The maximum Gasteiger partial charge on any atom is 0.306 e. The van der Waals surface area contributed by atoms with Gasteiger partial charge in [0.2, 0.25) is 0 Å². The number of ether oxygens (including phenoxy) is 4. The fourth-order valence-corrected chi connectivity index (χ4v) is 8.35. The molecule has 364 valence electrons. The maximum atomic E-state index is 12.8. The molecule has 0 aliphatic carbocycles. The summed E-state index contributed by atoms with van der Waals surface area (Å²) in [4.78, 5) is 25.5. The molecule has 0 aromatic heterocycles. The van der Waals surface area contributed by atoms with Crippen LogP contribution in [-0.4, -0.2) is 96.0 Å². The molecule has 0 aromatic carbocycles. The number of aliphatic hydroxyl groups is 3. The van der Waals surface area contributed by atoms with E-state index in [1.165, 1.54) is 141 Å². The van der Waals surface area contributed by atoms with Crippen molar-refractivity contribution in [2.45, 2.75) is 256 Å². The van der Waals surface area contributed by atoms with Crippen molar-refractivity contribution in [3.8, 4) is 0 Å². The Bertz CT molecular complexity index is 1240. The average Bonchev–Trinajstić information content (AvgIpc) is 3.24. The lowest BCUT2D eigenvalue weighted by Gasteiger charge is -2.40. The quantitative estimate of drug-likeness (QED) is 0.0197. The van der Waals surface area contributed by atoms with E-state index in [4.69, 9.17) is 18.9 Å². The molecular formula is C49H90O12S. The Morgan fingerprint density at radius 2 is 0.984 bits per heavy atom. The third kappa shape index (κ3) is 33.6. The Labute approximate surface area is 377 Å². The summed E-state index contributed by atoms with van der Waals surface area (Å²) in [6.07, 6.45) is 35.1. The Kier molecular flexibility index (Phi) is 37.0. The maximum absolute atomic E-state index is 12.8. The Morgan fingerprint density at radius 3 is 1.47 bits per heavy atom. The van der Waals surface area contributed by atoms with Gasteiger partial charge in [-0.25, -0.2) is 0 Å². The van der Waals surface area contributed by atoms with Gasteiger partial charge < -0.3 is 34.3 Å². The molecule has 6 atom stereocenters. The van der Waals surface area contributed by atoms with Crippen molar-refractivity contribution in [2.24, 2.45) is 0 Å². The molecule has 0 amide bonds. The summed E-state index contributed by atoms with van der Waals surface area (Å²) in [7, 11) is -4.61. The summed E-state index contributed by atoms with van der Waals surface area (Å²) in [6.45, 7) is 3.75. The molecule has 1 aliphatic rings. The number of esters is 2. The van der Waals surface area contributed by atoms with Gasteiger partial charge in [-0.2, -0.15) is 8.42 Å². The monoisotopic (exact) mass is 903 g/mol. The van der Waals surface area contributed by atoms with Crippen LogP contribution in [0, 0.1) is 0 Å². The normalized spacial score (nSPS) is 20.0. The van der Waals surface area contributed by atoms with Gasteiger partial charge in [0.25, 0.3) is 10.1 Å². The summed E-state index contributed by atoms with van der Waals surface area (Å²) in [5.74, 6) is -2.03. The number of carbonyl (C=O) groups is 2. The van der Waals surface area contributed by atoms with Crippen LogP contribution in [0.3, 0.4) is 0 Å². The van der Waals surface area contributed by atoms with Gasteiger partial charge in [-0.1, -0.05) is 192 Å². The molecule has 0 radical (unpaired) electrons. The molecule has 0 aromatic rings. The number of unbranched alkanes of at least 4 members (excludes halogenated alkanes) is 26. The number of carbonyl (C=O) groups excluding carboxylic acids is 2. The zero-order valence-electron chi connectivity index (χ0n) is 39.0. The summed E-state index contributed by atoms with van der Waals surface area (Å²) in [5, 5.41) is 30.9. The molecule has 1 heterocycles. The molecule has 1 fully saturated rings. The van der Waals surface area contributed by atoms with Crippen LogP contribution >= 0.6 is 0 Å². The highest BCUT2D eigenvalue weighted by Crippen LogP contribution is 2.24. The van der Waals surface area contributed by atoms with Gasteiger partial charge >= 0.3 is 11.9 Å². The lowest BCUT2D eigenvalue weighted by Crippen LogP contribution is -2.60. The SMILES string of the molecule is CCCCCCCCCCC/C=C/C/C=C/CCCC(=O)O[C@H](COC(=O)CCCCCCCCCCCCCCCCCCC)CO[C@H]1O[C@H](CS(=O)(=O)O)[C@@H](O)C(O)C1O. The average molecular weight is 903 g/mol. The van der Waals surface area contributed by atoms with Crippen molar-refractivity contribution in [1.82, 2.24) is 0 Å². The Balaban J connectivity index is 2.42. The summed E-state index contributed by atoms with van der Waals surface area (Å²) in [6, 6.07) is 0. The van der Waals surface area contributed by atoms with Crippen LogP contribution in [-0.2, 0) is 38.7 Å². The van der Waals surface area contributed by atoms with E-state index in [1.54, 1.807) is 0 Å². The first-order chi connectivity index (χ1) is 30.0. The molecule has 4 N–H and O–H groups in total. The molecule has 0 bridgehead atoms. The number of hydrogen-bond acceptors (Lipinski definition) is 11. The molecular weight excluding hydrogens is 813 g/mol. The molecule has 0 saturated carbocycles. The van der Waals surface area contributed by atoms with Crippen molar-refractivity contribution in [2.75, 3.05) is 19.0 Å². The number of rotatable bonds is 42. The van der Waals surface area contributed by atoms with E-state index in [-0.39, 0.29) is 19.4 Å². The van der Waals surface area contributed by atoms with E-state index in [9.17, 15) is 37.9 Å². The van der Waals surface area contributed by atoms with Gasteiger partial charge in [0.05, 0.1) is 6.61 Å². The van der Waals surface area contributed by atoms with Crippen molar-refractivity contribution >= 4 is 22.1 Å². The van der Waals surface area contributed by atoms with Gasteiger partial charge in [-0.15, -0.1) is 0 Å². The number of allylic oxidation sites excluding steroid dienone is 4. The topological polar surface area (TPSA) is 186 Å². The van der Waals surface area contributed by atoms with E-state index in [0.29, 0.717) is 19.3 Å². The van der Waals surface area contributed by atoms with Crippen LogP contribution in [0.25, 0.3) is 0 Å². The van der Waals surface area contributed by atoms with Crippen LogP contribution < -0.4 is 0 Å². The summed E-state index contributed by atoms with van der Waals surface area (Å²) in [5.41, 5.74) is 0. The van der Waals surface area contributed by atoms with Crippen molar-refractivity contribution in [3.63, 3.8) is 0 Å². The molecule has 1 aliphatic heterocycles. The highest BCUT2D eigenvalue weighted by atomic mass is 32.2. The molecule has 0 spiro atoms. The van der Waals surface area contributed by atoms with Crippen LogP contribution in [0.15, 0.2) is 24.3 Å². The van der Waals surface area contributed by atoms with Crippen molar-refractivity contribution in [3.05, 3.63) is 24.3 Å². The fourth-order valence-electron chi connectivity index (χ4n) is 7.66. The van der Waals surface area contributed by atoms with Gasteiger partial charge in [0.1, 0.15) is 36.8 Å². The second-order valence-corrected chi connectivity index (χ2v) is 19.0. The van der Waals surface area contributed by atoms with Crippen LogP contribution in [0.5, 0.6) is 0 Å². The molecule has 62 heavy (non-hydrogen) atoms. The first kappa shape index (κ1) is 58.1. The van der Waals surface area contributed by atoms with E-state index >= 15 is 0 Å². The zero-order valence-corrected chi connectivity index (χ0v) is 39.8. The molecule has 1 rings (SSSR count). The van der Waals surface area contributed by atoms with Crippen LogP contribution in [0.2, 0.25) is 0 Å². The Morgan fingerprint density at radius 1 is 0.548 bits per heavy atom. The minimum atomic E-state index is -4.61. The van der Waals surface area contributed by atoms with E-state index in [0.717, 1.165) is 32.1 Å². The summed E-state index contributed by atoms with van der Waals surface area (Å²) >= 11 is 0. The Hall–Kier alpha value is -1.87. The molecule has 1 saturated heterocycles. The van der Waals surface area contributed by atoms with E-state index in [1.807, 2.05) is 6.08 Å². The second kappa shape index (κ2) is 39.5. The molecule has 13 heteroatoms. The summed E-state index contributed by atoms with van der Waals surface area (Å²) < 4.78 is 54.1. The molecule has 12 nitrogen and oxygen atoms in total. The molecule has 2 unspecified atom stereocenters. The lowest BCUT2D eigenvalue weighted by molar-refractivity contribution is -0.297. The number of hydrogen-bond donors (Lipinski definition) is 4. The minimum absolute atomic E-state index is 0.104. The van der Waals surface area contributed by atoms with Gasteiger partial charge in [-0.3, -0.25) is 14.1 Å². The zero-order chi connectivity index (χ0) is 45.5. The smallest absolute Gasteiger partial charge is 0.306 e. The highest BCUT2D eigenvalue weighted by Gasteiger charge is 2.46. The van der Waals surface area contributed by atoms with Gasteiger partial charge in [-0.05, 0) is 38.5 Å². The second-order valence-electron chi connectivity index (χ2n) is 17.5. The van der Waals surface area contributed by atoms with E-state index < -0.39 is 71.2 Å². The van der Waals surface area contributed by atoms with Crippen molar-refractivity contribution < 1.29 is 56.8 Å². The predicted molar refractivity (Wildman–Crippen MR) is 247 cm³/mol. The van der Waals surface area contributed by atoms with Gasteiger partial charge in [0, 0.05) is 12.8 Å². The minimum Gasteiger partial charge on any atom is -0.462 e. The predicted octanol–water partition coefficient (Wildman–Crippen LogP) is 10.8. The fraction of sp³-hybridized carbons (Fsp3) is 0.878. The van der Waals surface area contributed by atoms with E-state index in [2.05, 4.69) is 32.1 Å². The highest BCUT2D eigenvalue weighted by molar-refractivity contribution is 7.85. The van der Waals surface area contributed by atoms with Gasteiger partial charge in [0.15, 0.2) is 12.4 Å². The lowest BCUT2D eigenvalue weighted by atomic mass is 10.00. The van der Waals surface area contributed by atoms with Crippen molar-refractivity contribution in [1.29, 1.82) is 0 Å². The number of aliphatic hydroxyl groups excluding tert-OH is 3. The largest absolute Gasteiger partial charge is 0.462 e. The van der Waals surface area contributed by atoms with Crippen LogP contribution in [0.1, 0.15) is 219 Å². The third-order valence-electron chi connectivity index (χ3n) is 11.5. The third-order valence-corrected chi connectivity index (χ3v) is 12.3. The standard InChI is InChI=1S/C49H90O12S/c1-3-5-7-9-11-13-15-17-19-21-23-25-27-29-31-33-35-37-44(50)58-39-42(40-59-49-48(54)47(53)46(52)43(61-49)41-62(55,56)57)60-45(51)38-36-34-32-30-28-26-24-22-20-18-16-14-12-10-8-6-4-2/h24,26,30,32,42-43,46-49,52-54H,3-23,25,27-29,31,33-41H2,1-2H3,(H,55,56,57)/b26-24+,32-30+/t42-,43-,46-,47?,48?,49+/m1/s1. The van der Waals surface area contributed by atoms with Crippen LogP contribution in [0.4, 0.5) is 0 Å².